The summed E-state index contributed by atoms with van der Waals surface area (Å²) in [6.45, 7) is 8.87. The van der Waals surface area contributed by atoms with Crippen molar-refractivity contribution in [1.82, 2.24) is 10.2 Å². The van der Waals surface area contributed by atoms with Gasteiger partial charge in [0.15, 0.2) is 0 Å². The number of ether oxygens (including phenoxy) is 1. The fourth-order valence-electron chi connectivity index (χ4n) is 2.79. The Bertz CT molecular complexity index is 200. The highest BCUT2D eigenvalue weighted by Crippen LogP contribution is 2.28. The molecule has 3 heteroatoms. The normalized spacial score (nSPS) is 25.4. The molecule has 1 N–H and O–H groups in total. The molecule has 0 aromatic heterocycles. The number of nitrogens with one attached hydrogen (secondary N) is 1. The minimum absolute atomic E-state index is 0.857. The monoisotopic (exact) mass is 240 g/mol. The molecule has 0 radical (unpaired) electrons. The quantitative estimate of drug-likeness (QED) is 0.656. The van der Waals surface area contributed by atoms with Crippen molar-refractivity contribution < 1.29 is 4.74 Å². The average Bonchev–Trinajstić information content (AvgIpc) is 3.19. The lowest BCUT2D eigenvalue weighted by atomic mass is 9.99. The lowest BCUT2D eigenvalue weighted by Crippen LogP contribution is -2.39. The van der Waals surface area contributed by atoms with Gasteiger partial charge >= 0.3 is 0 Å². The molecule has 17 heavy (non-hydrogen) atoms. The van der Waals surface area contributed by atoms with Crippen LogP contribution in [0.3, 0.4) is 0 Å². The number of hydrogen-bond acceptors (Lipinski definition) is 3. The van der Waals surface area contributed by atoms with Gasteiger partial charge in [0.25, 0.3) is 0 Å². The minimum Gasteiger partial charge on any atom is -0.382 e. The van der Waals surface area contributed by atoms with Crippen molar-refractivity contribution in [2.24, 2.45) is 5.92 Å². The van der Waals surface area contributed by atoms with Crippen molar-refractivity contribution in [2.45, 2.75) is 45.1 Å². The summed E-state index contributed by atoms with van der Waals surface area (Å²) in [6, 6.07) is 0.901. The second kappa shape index (κ2) is 7.34. The van der Waals surface area contributed by atoms with Crippen LogP contribution in [0, 0.1) is 5.92 Å². The smallest absolute Gasteiger partial charge is 0.0478 e. The Balaban J connectivity index is 1.65. The molecular formula is C14H28N2O. The fourth-order valence-corrected chi connectivity index (χ4v) is 2.79. The molecule has 3 nitrogen and oxygen atoms in total. The van der Waals surface area contributed by atoms with Crippen molar-refractivity contribution in [3.05, 3.63) is 0 Å². The van der Waals surface area contributed by atoms with Gasteiger partial charge in [-0.3, -0.25) is 4.90 Å². The van der Waals surface area contributed by atoms with Crippen molar-refractivity contribution in [2.75, 3.05) is 39.4 Å². The van der Waals surface area contributed by atoms with Gasteiger partial charge in [0.05, 0.1) is 0 Å². The molecule has 1 aliphatic carbocycles. The molecule has 2 rings (SSSR count). The first kappa shape index (κ1) is 13.3. The maximum absolute atomic E-state index is 5.44. The highest BCUT2D eigenvalue weighted by Gasteiger charge is 2.30. The predicted octanol–water partition coefficient (Wildman–Crippen LogP) is 1.88. The van der Waals surface area contributed by atoms with Gasteiger partial charge < -0.3 is 10.1 Å². The van der Waals surface area contributed by atoms with Gasteiger partial charge in [0.2, 0.25) is 0 Å². The van der Waals surface area contributed by atoms with Crippen LogP contribution in [0.1, 0.15) is 39.0 Å². The molecule has 1 aliphatic heterocycles. The minimum atomic E-state index is 0.857. The van der Waals surface area contributed by atoms with Crippen molar-refractivity contribution >= 4 is 0 Å². The molecule has 0 aromatic rings. The van der Waals surface area contributed by atoms with E-state index in [1.165, 1.54) is 58.3 Å². The first-order valence-electron chi connectivity index (χ1n) is 7.42. The zero-order valence-electron chi connectivity index (χ0n) is 11.3. The molecule has 100 valence electrons. The first-order chi connectivity index (χ1) is 8.40. The predicted molar refractivity (Wildman–Crippen MR) is 71.3 cm³/mol. The first-order valence-corrected chi connectivity index (χ1v) is 7.42. The van der Waals surface area contributed by atoms with Gasteiger partial charge in [-0.1, -0.05) is 0 Å². The zero-order valence-corrected chi connectivity index (χ0v) is 11.3. The van der Waals surface area contributed by atoms with E-state index in [9.17, 15) is 0 Å². The van der Waals surface area contributed by atoms with Crippen LogP contribution < -0.4 is 5.32 Å². The van der Waals surface area contributed by atoms with Crippen LogP contribution in [0.4, 0.5) is 0 Å². The molecule has 1 saturated carbocycles. The second-order valence-electron chi connectivity index (χ2n) is 5.49. The van der Waals surface area contributed by atoms with Crippen LogP contribution in [-0.2, 0) is 4.74 Å². The van der Waals surface area contributed by atoms with Gasteiger partial charge in [-0.05, 0) is 58.0 Å². The average molecular weight is 240 g/mol. The lowest BCUT2D eigenvalue weighted by molar-refractivity contribution is 0.123. The van der Waals surface area contributed by atoms with Crippen LogP contribution in [-0.4, -0.2) is 50.3 Å². The molecule has 1 heterocycles. The Morgan fingerprint density at radius 2 is 2.18 bits per heavy atom. The van der Waals surface area contributed by atoms with Gasteiger partial charge in [0.1, 0.15) is 0 Å². The van der Waals surface area contributed by atoms with Gasteiger partial charge in [0, 0.05) is 32.3 Å². The van der Waals surface area contributed by atoms with E-state index in [2.05, 4.69) is 17.1 Å². The molecule has 0 aromatic carbocycles. The third-order valence-electron chi connectivity index (χ3n) is 3.89. The summed E-state index contributed by atoms with van der Waals surface area (Å²) in [6.07, 6.45) is 6.83. The molecule has 1 saturated heterocycles. The number of piperidine rings is 1. The van der Waals surface area contributed by atoms with Crippen molar-refractivity contribution in [3.8, 4) is 0 Å². The maximum Gasteiger partial charge on any atom is 0.0478 e. The Hall–Kier alpha value is -0.120. The van der Waals surface area contributed by atoms with Crippen LogP contribution in [0.2, 0.25) is 0 Å². The molecule has 0 spiro atoms. The van der Waals surface area contributed by atoms with Gasteiger partial charge in [-0.15, -0.1) is 0 Å². The summed E-state index contributed by atoms with van der Waals surface area (Å²) >= 11 is 0. The Morgan fingerprint density at radius 1 is 1.29 bits per heavy atom. The number of rotatable bonds is 8. The SMILES string of the molecule is CCOCCCN(CC1CCCNC1)C1CC1. The van der Waals surface area contributed by atoms with E-state index in [1.807, 2.05) is 0 Å². The largest absolute Gasteiger partial charge is 0.382 e. The summed E-state index contributed by atoms with van der Waals surface area (Å²) in [5.74, 6) is 0.886. The van der Waals surface area contributed by atoms with E-state index in [0.717, 1.165) is 25.2 Å². The molecule has 0 amide bonds. The second-order valence-corrected chi connectivity index (χ2v) is 5.49. The van der Waals surface area contributed by atoms with E-state index < -0.39 is 0 Å². The third-order valence-corrected chi connectivity index (χ3v) is 3.89. The lowest BCUT2D eigenvalue weighted by Gasteiger charge is -2.30. The van der Waals surface area contributed by atoms with E-state index >= 15 is 0 Å². The Labute approximate surface area is 106 Å². The van der Waals surface area contributed by atoms with Crippen LogP contribution in [0.5, 0.6) is 0 Å². The molecule has 2 aliphatic rings. The fraction of sp³-hybridized carbons (Fsp3) is 1.00. The highest BCUT2D eigenvalue weighted by atomic mass is 16.5. The van der Waals surface area contributed by atoms with Gasteiger partial charge in [-0.2, -0.15) is 0 Å². The summed E-state index contributed by atoms with van der Waals surface area (Å²) in [4.78, 5) is 2.72. The molecule has 0 bridgehead atoms. The van der Waals surface area contributed by atoms with E-state index in [-0.39, 0.29) is 0 Å². The van der Waals surface area contributed by atoms with E-state index in [1.54, 1.807) is 0 Å². The molecule has 1 unspecified atom stereocenters. The van der Waals surface area contributed by atoms with Crippen molar-refractivity contribution in [1.29, 1.82) is 0 Å². The topological polar surface area (TPSA) is 24.5 Å². The molecule has 2 fully saturated rings. The molecular weight excluding hydrogens is 212 g/mol. The zero-order chi connectivity index (χ0) is 11.9. The van der Waals surface area contributed by atoms with Crippen molar-refractivity contribution in [3.63, 3.8) is 0 Å². The van der Waals surface area contributed by atoms with Crippen LogP contribution >= 0.6 is 0 Å². The number of nitrogens with zero attached hydrogens (tertiary/aromatic N) is 1. The van der Waals surface area contributed by atoms with Gasteiger partial charge in [-0.25, -0.2) is 0 Å². The number of hydrogen-bond donors (Lipinski definition) is 1. The van der Waals surface area contributed by atoms with E-state index in [0.29, 0.717) is 0 Å². The summed E-state index contributed by atoms with van der Waals surface area (Å²) in [5, 5.41) is 3.52. The summed E-state index contributed by atoms with van der Waals surface area (Å²) < 4.78 is 5.44. The van der Waals surface area contributed by atoms with Crippen LogP contribution in [0.25, 0.3) is 0 Å². The maximum atomic E-state index is 5.44. The van der Waals surface area contributed by atoms with Crippen LogP contribution in [0.15, 0.2) is 0 Å². The highest BCUT2D eigenvalue weighted by molar-refractivity contribution is 4.86. The Kier molecular flexibility index (Phi) is 5.75. The summed E-state index contributed by atoms with van der Waals surface area (Å²) in [7, 11) is 0. The third kappa shape index (κ3) is 4.94. The van der Waals surface area contributed by atoms with E-state index in [4.69, 9.17) is 4.74 Å². The summed E-state index contributed by atoms with van der Waals surface area (Å²) in [5.41, 5.74) is 0. The molecule has 1 atom stereocenters. The standard InChI is InChI=1S/C14H28N2O/c1-2-17-10-4-9-16(14-6-7-14)12-13-5-3-8-15-11-13/h13-15H,2-12H2,1H3. The Morgan fingerprint density at radius 3 is 2.82 bits per heavy atom.